The first kappa shape index (κ1) is 20.2. The quantitative estimate of drug-likeness (QED) is 0.312. The molecule has 1 aliphatic carbocycles. The number of aliphatic hydroxyl groups excluding tert-OH is 2. The van der Waals surface area contributed by atoms with Crippen molar-refractivity contribution in [1.82, 2.24) is 34.7 Å². The molecule has 1 aromatic carbocycles. The molecule has 11 heteroatoms. The number of H-pyrrole nitrogens is 1. The lowest BCUT2D eigenvalue weighted by molar-refractivity contribution is -0.0161. The topological polar surface area (TPSA) is 138 Å². The third kappa shape index (κ3) is 3.94. The minimum Gasteiger partial charge on any atom is -0.390 e. The van der Waals surface area contributed by atoms with E-state index in [1.165, 1.54) is 6.33 Å². The minimum absolute atomic E-state index is 0.181. The van der Waals surface area contributed by atoms with Gasteiger partial charge in [0.05, 0.1) is 45.9 Å². The largest absolute Gasteiger partial charge is 0.390 e. The van der Waals surface area contributed by atoms with Gasteiger partial charge in [-0.3, -0.25) is 0 Å². The van der Waals surface area contributed by atoms with Crippen LogP contribution in [0.1, 0.15) is 30.7 Å². The number of rotatable bonds is 5. The molecule has 3 unspecified atom stereocenters. The highest BCUT2D eigenvalue weighted by Crippen LogP contribution is 2.30. The van der Waals surface area contributed by atoms with Crippen molar-refractivity contribution in [3.8, 4) is 5.69 Å². The number of nitrogens with zero attached hydrogens (tertiary/aromatic N) is 6. The van der Waals surface area contributed by atoms with Gasteiger partial charge in [-0.1, -0.05) is 17.4 Å². The van der Waals surface area contributed by atoms with Gasteiger partial charge in [0.2, 0.25) is 0 Å². The molecule has 10 nitrogen and oxygen atoms in total. The Kier molecular flexibility index (Phi) is 5.01. The maximum Gasteiger partial charge on any atom is 0.184 e. The summed E-state index contributed by atoms with van der Waals surface area (Å²) in [6.45, 7) is 0. The molecule has 5 aromatic rings. The van der Waals surface area contributed by atoms with Crippen LogP contribution in [0.25, 0.3) is 27.1 Å². The number of hydrogen-bond donors (Lipinski definition) is 4. The maximum absolute atomic E-state index is 10.3. The molecule has 0 saturated heterocycles. The zero-order valence-corrected chi connectivity index (χ0v) is 18.4. The Morgan fingerprint density at radius 1 is 1.18 bits per heavy atom. The van der Waals surface area contributed by atoms with Crippen molar-refractivity contribution in [2.75, 3.05) is 5.32 Å². The van der Waals surface area contributed by atoms with Gasteiger partial charge in [0.25, 0.3) is 0 Å². The molecule has 3 atom stereocenters. The third-order valence-corrected chi connectivity index (χ3v) is 6.96. The number of nitrogens with one attached hydrogen (secondary N) is 2. The summed E-state index contributed by atoms with van der Waals surface area (Å²) in [6.07, 6.45) is 6.37. The minimum atomic E-state index is -0.770. The van der Waals surface area contributed by atoms with Crippen LogP contribution in [-0.2, 0) is 6.42 Å². The molecule has 4 aromatic heterocycles. The van der Waals surface area contributed by atoms with E-state index < -0.39 is 12.2 Å². The number of aliphatic hydroxyl groups is 2. The molecule has 0 bridgehead atoms. The Labute approximate surface area is 192 Å². The summed E-state index contributed by atoms with van der Waals surface area (Å²) in [5.41, 5.74) is 4.34. The number of hydrogen-bond acceptors (Lipinski definition) is 9. The van der Waals surface area contributed by atoms with E-state index in [2.05, 4.69) is 41.4 Å². The number of aromatic amines is 1. The van der Waals surface area contributed by atoms with Crippen LogP contribution in [0.2, 0.25) is 0 Å². The summed E-state index contributed by atoms with van der Waals surface area (Å²) in [6, 6.07) is 7.94. The van der Waals surface area contributed by atoms with E-state index in [9.17, 15) is 10.2 Å². The van der Waals surface area contributed by atoms with Crippen molar-refractivity contribution in [2.45, 2.75) is 43.9 Å². The Bertz CT molecular complexity index is 1410. The molecular weight excluding hydrogens is 440 g/mol. The van der Waals surface area contributed by atoms with Gasteiger partial charge in [-0.25, -0.2) is 24.6 Å². The van der Waals surface area contributed by atoms with E-state index in [-0.39, 0.29) is 6.04 Å². The molecule has 4 heterocycles. The van der Waals surface area contributed by atoms with Crippen molar-refractivity contribution < 1.29 is 10.2 Å². The fourth-order valence-corrected chi connectivity index (χ4v) is 5.29. The smallest absolute Gasteiger partial charge is 0.184 e. The zero-order chi connectivity index (χ0) is 22.4. The number of pyridine rings is 1. The molecule has 0 radical (unpaired) electrons. The molecule has 33 heavy (non-hydrogen) atoms. The summed E-state index contributed by atoms with van der Waals surface area (Å²) < 4.78 is 2.71. The number of aromatic nitrogens is 7. The molecule has 0 amide bonds. The SMILES string of the molecule is OC1CCCC(Nc2nc3ccc(Cc4nc5ncc(-n6cncn6)cc5[nH]4)cc3s2)C1O. The van der Waals surface area contributed by atoms with Gasteiger partial charge < -0.3 is 20.5 Å². The van der Waals surface area contributed by atoms with Crippen LogP contribution in [0, 0.1) is 0 Å². The van der Waals surface area contributed by atoms with E-state index in [0.717, 1.165) is 50.8 Å². The van der Waals surface area contributed by atoms with Crippen molar-refractivity contribution >= 4 is 37.8 Å². The van der Waals surface area contributed by atoms with Gasteiger partial charge in [-0.2, -0.15) is 5.10 Å². The Balaban J connectivity index is 1.21. The number of anilines is 1. The first-order chi connectivity index (χ1) is 16.1. The van der Waals surface area contributed by atoms with Crippen LogP contribution in [0.15, 0.2) is 43.1 Å². The average molecular weight is 463 g/mol. The number of thiazole rings is 1. The molecule has 1 aliphatic rings. The third-order valence-electron chi connectivity index (χ3n) is 6.01. The van der Waals surface area contributed by atoms with Crippen LogP contribution < -0.4 is 5.32 Å². The average Bonchev–Trinajstić information content (AvgIpc) is 3.55. The van der Waals surface area contributed by atoms with Crippen molar-refractivity contribution in [3.63, 3.8) is 0 Å². The highest BCUT2D eigenvalue weighted by Gasteiger charge is 2.30. The Morgan fingerprint density at radius 3 is 3.00 bits per heavy atom. The second kappa shape index (κ2) is 8.18. The molecule has 4 N–H and O–H groups in total. The van der Waals surface area contributed by atoms with E-state index >= 15 is 0 Å². The molecule has 1 fully saturated rings. The van der Waals surface area contributed by atoms with Crippen molar-refractivity contribution in [3.05, 3.63) is 54.5 Å². The fourth-order valence-electron chi connectivity index (χ4n) is 4.30. The summed E-state index contributed by atoms with van der Waals surface area (Å²) >= 11 is 1.55. The molecule has 168 valence electrons. The Morgan fingerprint density at radius 2 is 2.12 bits per heavy atom. The monoisotopic (exact) mass is 462 g/mol. The van der Waals surface area contributed by atoms with E-state index in [1.807, 2.05) is 18.2 Å². The number of imidazole rings is 1. The van der Waals surface area contributed by atoms with Crippen LogP contribution in [0.3, 0.4) is 0 Å². The maximum atomic E-state index is 10.3. The second-order valence-electron chi connectivity index (χ2n) is 8.33. The molecular formula is C22H22N8O2S. The van der Waals surface area contributed by atoms with Crippen molar-refractivity contribution in [1.29, 1.82) is 0 Å². The van der Waals surface area contributed by atoms with Gasteiger partial charge in [0, 0.05) is 6.42 Å². The van der Waals surface area contributed by atoms with Crippen LogP contribution in [0.4, 0.5) is 5.13 Å². The second-order valence-corrected chi connectivity index (χ2v) is 9.36. The highest BCUT2D eigenvalue weighted by molar-refractivity contribution is 7.22. The van der Waals surface area contributed by atoms with Gasteiger partial charge in [-0.15, -0.1) is 0 Å². The first-order valence-electron chi connectivity index (χ1n) is 10.8. The summed E-state index contributed by atoms with van der Waals surface area (Å²) in [7, 11) is 0. The molecule has 0 aliphatic heterocycles. The fraction of sp³-hybridized carbons (Fsp3) is 0.318. The van der Waals surface area contributed by atoms with Gasteiger partial charge in [0.1, 0.15) is 18.5 Å². The lowest BCUT2D eigenvalue weighted by atomic mass is 9.90. The lowest BCUT2D eigenvalue weighted by Gasteiger charge is -2.32. The van der Waals surface area contributed by atoms with Crippen LogP contribution >= 0.6 is 11.3 Å². The Hall–Kier alpha value is -3.41. The highest BCUT2D eigenvalue weighted by atomic mass is 32.1. The predicted molar refractivity (Wildman–Crippen MR) is 125 cm³/mol. The normalized spacial score (nSPS) is 21.1. The molecule has 1 saturated carbocycles. The van der Waals surface area contributed by atoms with Gasteiger partial charge >= 0.3 is 0 Å². The number of benzene rings is 1. The van der Waals surface area contributed by atoms with Crippen molar-refractivity contribution in [2.24, 2.45) is 0 Å². The lowest BCUT2D eigenvalue weighted by Crippen LogP contribution is -2.45. The zero-order valence-electron chi connectivity index (χ0n) is 17.6. The number of fused-ring (bicyclic) bond motifs is 2. The summed E-state index contributed by atoms with van der Waals surface area (Å²) in [4.78, 5) is 21.0. The first-order valence-corrected chi connectivity index (χ1v) is 11.7. The van der Waals surface area contributed by atoms with E-state index in [1.54, 1.807) is 28.5 Å². The predicted octanol–water partition coefficient (Wildman–Crippen LogP) is 2.43. The van der Waals surface area contributed by atoms with Gasteiger partial charge in [-0.05, 0) is 43.0 Å². The van der Waals surface area contributed by atoms with Crippen LogP contribution in [0.5, 0.6) is 0 Å². The van der Waals surface area contributed by atoms with E-state index in [4.69, 9.17) is 0 Å². The van der Waals surface area contributed by atoms with E-state index in [0.29, 0.717) is 18.5 Å². The standard InChI is InChI=1S/C22H22N8O2S/c31-17-3-1-2-15(20(17)32)28-22-27-14-5-4-12(6-18(14)33-22)7-19-26-16-8-13(9-24-21(16)29-19)30-11-23-10-25-30/h4-6,8-11,15,17,20,31-32H,1-3,7H2,(H,27,28)(H,24,26,29). The summed E-state index contributed by atoms with van der Waals surface area (Å²) in [5.74, 6) is 0.828. The molecule has 6 rings (SSSR count). The summed E-state index contributed by atoms with van der Waals surface area (Å²) in [5, 5.41) is 28.4. The molecule has 0 spiro atoms. The van der Waals surface area contributed by atoms with Gasteiger partial charge in [0.15, 0.2) is 10.8 Å². The van der Waals surface area contributed by atoms with Crippen LogP contribution in [-0.4, -0.2) is 63.2 Å².